The third kappa shape index (κ3) is 17.6. The van der Waals surface area contributed by atoms with Crippen molar-refractivity contribution in [3.8, 4) is 23.0 Å². The standard InChI is InChI=1S/C68H100N6O6/c1-61(2,3)45-27-41(55(75)49(31-45)65(13,14)15)35-69-39-53(73-37-43-29-47(63(7,8)9)33-51(57(43)77)67(19,20)21)59(79)71-25-26-72-60(80)54(74-38-44-30-48(64(10,11)12)34-52(58(44)78)68(22,23)24)40-70-36-42-28-46(62(4,5)6)32-50(56(42)76)66(16,17)18/h27-38,53-54,75-78H,25-26,39-40H2,1-24H3,(H,71,79)(H,72,80). The number of amides is 2. The van der Waals surface area contributed by atoms with Gasteiger partial charge >= 0.3 is 0 Å². The van der Waals surface area contributed by atoms with E-state index >= 15 is 0 Å². The second-order valence-electron chi connectivity index (χ2n) is 30.0. The Hall–Kier alpha value is -6.30. The van der Waals surface area contributed by atoms with Crippen molar-refractivity contribution in [1.29, 1.82) is 0 Å². The van der Waals surface area contributed by atoms with E-state index in [0.717, 1.165) is 44.5 Å². The Balaban J connectivity index is 1.74. The molecule has 80 heavy (non-hydrogen) atoms. The Kier molecular flexibility index (Phi) is 20.2. The Morgan fingerprint density at radius 3 is 0.775 bits per heavy atom. The van der Waals surface area contributed by atoms with Gasteiger partial charge in [-0.2, -0.15) is 0 Å². The molecule has 0 aliphatic carbocycles. The van der Waals surface area contributed by atoms with Crippen molar-refractivity contribution >= 4 is 36.7 Å². The number of rotatable bonds is 15. The van der Waals surface area contributed by atoms with Crippen molar-refractivity contribution in [3.05, 3.63) is 115 Å². The van der Waals surface area contributed by atoms with E-state index in [9.17, 15) is 30.0 Å². The van der Waals surface area contributed by atoms with Gasteiger partial charge in [0.1, 0.15) is 35.1 Å². The van der Waals surface area contributed by atoms with Crippen molar-refractivity contribution in [3.63, 3.8) is 0 Å². The number of nitrogens with zero attached hydrogens (tertiary/aromatic N) is 4. The van der Waals surface area contributed by atoms with Crippen molar-refractivity contribution in [1.82, 2.24) is 10.6 Å². The summed E-state index contributed by atoms with van der Waals surface area (Å²) in [7, 11) is 0. The zero-order chi connectivity index (χ0) is 61.1. The van der Waals surface area contributed by atoms with Crippen LogP contribution in [-0.4, -0.2) is 95.4 Å². The summed E-state index contributed by atoms with van der Waals surface area (Å²) in [6, 6.07) is 13.6. The summed E-state index contributed by atoms with van der Waals surface area (Å²) in [6.07, 6.45) is 6.23. The van der Waals surface area contributed by atoms with Crippen molar-refractivity contribution in [2.75, 3.05) is 26.2 Å². The van der Waals surface area contributed by atoms with Crippen molar-refractivity contribution in [2.45, 2.75) is 222 Å². The van der Waals surface area contributed by atoms with Crippen LogP contribution in [0.15, 0.2) is 68.5 Å². The molecule has 0 radical (unpaired) electrons. The molecule has 0 aromatic heterocycles. The highest BCUT2D eigenvalue weighted by Crippen LogP contribution is 2.41. The first-order valence-electron chi connectivity index (χ1n) is 28.4. The summed E-state index contributed by atoms with van der Waals surface area (Å²) in [5.41, 5.74) is 6.69. The minimum atomic E-state index is -1.07. The van der Waals surface area contributed by atoms with Crippen LogP contribution in [0.3, 0.4) is 0 Å². The van der Waals surface area contributed by atoms with Gasteiger partial charge in [0.05, 0.1) is 13.1 Å². The average molecular weight is 1100 g/mol. The fraction of sp³-hybridized carbons (Fsp3) is 0.559. The SMILES string of the molecule is CC(C)(C)c1cc(C=NCC(N=Cc2cc(C(C)(C)C)cc(C(C)(C)C)c2O)C(=O)NCCNC(=O)C(CN=Cc2cc(C(C)(C)C)cc(C(C)(C)C)c2O)N=Cc2cc(C(C)(C)C)cc(C(C)(C)C)c2O)c(O)c(C(C)(C)C)c1. The Morgan fingerprint density at radius 1 is 0.362 bits per heavy atom. The highest BCUT2D eigenvalue weighted by Gasteiger charge is 2.30. The van der Waals surface area contributed by atoms with E-state index in [0.29, 0.717) is 22.3 Å². The second kappa shape index (κ2) is 24.4. The predicted molar refractivity (Wildman–Crippen MR) is 336 cm³/mol. The molecule has 4 aromatic rings. The number of nitrogens with one attached hydrogen (secondary N) is 2. The maximum absolute atomic E-state index is 14.3. The Labute approximate surface area is 481 Å². The first kappa shape index (κ1) is 66.2. The van der Waals surface area contributed by atoms with Crippen LogP contribution in [0.5, 0.6) is 23.0 Å². The summed E-state index contributed by atoms with van der Waals surface area (Å²) in [6.45, 7) is 49.7. The smallest absolute Gasteiger partial charge is 0.246 e. The van der Waals surface area contributed by atoms with E-state index in [1.54, 1.807) is 12.4 Å². The summed E-state index contributed by atoms with van der Waals surface area (Å²) in [4.78, 5) is 47.6. The predicted octanol–water partition coefficient (Wildman–Crippen LogP) is 13.6. The van der Waals surface area contributed by atoms with Gasteiger partial charge < -0.3 is 31.1 Å². The number of hydrogen-bond acceptors (Lipinski definition) is 10. The molecule has 0 fully saturated rings. The highest BCUT2D eigenvalue weighted by atomic mass is 16.3. The van der Waals surface area contributed by atoms with Gasteiger partial charge in [0.2, 0.25) is 11.8 Å². The topological polar surface area (TPSA) is 189 Å². The Bertz CT molecular complexity index is 2790. The number of aliphatic imine (C=N–C) groups is 4. The summed E-state index contributed by atoms with van der Waals surface area (Å²) in [5.74, 6) is -0.531. The molecular weight excluding hydrogens is 997 g/mol. The molecule has 12 nitrogen and oxygen atoms in total. The third-order valence-corrected chi connectivity index (χ3v) is 14.4. The monoisotopic (exact) mass is 1100 g/mol. The number of carbonyl (C=O) groups is 2. The number of benzene rings is 4. The molecule has 4 aromatic carbocycles. The lowest BCUT2D eigenvalue weighted by Gasteiger charge is -2.27. The van der Waals surface area contributed by atoms with Crippen molar-refractivity contribution in [2.24, 2.45) is 20.0 Å². The molecule has 2 unspecified atom stereocenters. The van der Waals surface area contributed by atoms with Gasteiger partial charge in [-0.3, -0.25) is 29.6 Å². The van der Waals surface area contributed by atoms with Crippen molar-refractivity contribution < 1.29 is 30.0 Å². The maximum atomic E-state index is 14.3. The zero-order valence-electron chi connectivity index (χ0n) is 53.3. The molecular formula is C68H100N6O6. The van der Waals surface area contributed by atoms with E-state index in [1.807, 2.05) is 132 Å². The molecule has 2 atom stereocenters. The quantitative estimate of drug-likeness (QED) is 0.0507. The minimum absolute atomic E-state index is 0.0225. The molecule has 0 aliphatic rings. The van der Waals surface area contributed by atoms with Crippen LogP contribution >= 0.6 is 0 Å². The summed E-state index contributed by atoms with van der Waals surface area (Å²) >= 11 is 0. The van der Waals surface area contributed by atoms with Crippen LogP contribution < -0.4 is 10.6 Å². The fourth-order valence-electron chi connectivity index (χ4n) is 8.89. The van der Waals surface area contributed by atoms with Gasteiger partial charge in [0, 0.05) is 82.5 Å². The lowest BCUT2D eigenvalue weighted by Crippen LogP contribution is -2.42. The second-order valence-corrected chi connectivity index (χ2v) is 30.0. The molecule has 4 rings (SSSR count). The van der Waals surface area contributed by atoms with Gasteiger partial charge in [-0.15, -0.1) is 0 Å². The van der Waals surface area contributed by atoms with Gasteiger partial charge in [-0.25, -0.2) is 0 Å². The van der Waals surface area contributed by atoms with Crippen LogP contribution in [0.2, 0.25) is 0 Å². The van der Waals surface area contributed by atoms with Crippen LogP contribution in [-0.2, 0) is 52.9 Å². The first-order valence-corrected chi connectivity index (χ1v) is 28.4. The van der Waals surface area contributed by atoms with Gasteiger partial charge in [-0.1, -0.05) is 190 Å². The number of hydrogen-bond donors (Lipinski definition) is 6. The number of aromatic hydroxyl groups is 4. The van der Waals surface area contributed by atoms with E-state index in [4.69, 9.17) is 20.0 Å². The van der Waals surface area contributed by atoms with Crippen LogP contribution in [0.1, 0.15) is 233 Å². The van der Waals surface area contributed by atoms with Crippen LogP contribution in [0, 0.1) is 0 Å². The first-order chi connectivity index (χ1) is 36.2. The van der Waals surface area contributed by atoms with Crippen LogP contribution in [0.25, 0.3) is 0 Å². The lowest BCUT2D eigenvalue weighted by atomic mass is 9.79. The number of phenolic OH excluding ortho intramolecular Hbond substituents is 4. The van der Waals surface area contributed by atoms with E-state index < -0.39 is 34.7 Å². The highest BCUT2D eigenvalue weighted by molar-refractivity contribution is 5.92. The zero-order valence-corrected chi connectivity index (χ0v) is 53.3. The number of phenols is 4. The van der Waals surface area contributed by atoms with Gasteiger partial charge in [0.15, 0.2) is 0 Å². The molecule has 0 bridgehead atoms. The fourth-order valence-corrected chi connectivity index (χ4v) is 8.89. The number of carbonyl (C=O) groups excluding carboxylic acids is 2. The maximum Gasteiger partial charge on any atom is 0.246 e. The molecule has 12 heteroatoms. The lowest BCUT2D eigenvalue weighted by molar-refractivity contribution is -0.123. The molecule has 438 valence electrons. The molecule has 0 heterocycles. The Morgan fingerprint density at radius 2 is 0.575 bits per heavy atom. The molecule has 0 aliphatic heterocycles. The van der Waals surface area contributed by atoms with Gasteiger partial charge in [0.25, 0.3) is 0 Å². The molecule has 0 saturated heterocycles. The largest absolute Gasteiger partial charge is 0.507 e. The third-order valence-electron chi connectivity index (χ3n) is 14.4. The minimum Gasteiger partial charge on any atom is -0.507 e. The summed E-state index contributed by atoms with van der Waals surface area (Å²) in [5, 5.41) is 52.3. The van der Waals surface area contributed by atoms with Gasteiger partial charge in [-0.05, 0) is 89.8 Å². The molecule has 2 amide bonds. The molecule has 6 N–H and O–H groups in total. The van der Waals surface area contributed by atoms with Crippen LogP contribution in [0.4, 0.5) is 0 Å². The normalized spacial score (nSPS) is 14.4. The van der Waals surface area contributed by atoms with E-state index in [1.165, 1.54) is 12.4 Å². The average Bonchev–Trinajstić information content (AvgIpc) is 3.28. The molecule has 0 spiro atoms. The molecule has 0 saturated carbocycles. The van der Waals surface area contributed by atoms with E-state index in [2.05, 4.69) is 93.7 Å². The summed E-state index contributed by atoms with van der Waals surface area (Å²) < 4.78 is 0. The van der Waals surface area contributed by atoms with E-state index in [-0.39, 0.29) is 81.7 Å².